The van der Waals surface area contributed by atoms with E-state index in [2.05, 4.69) is 184 Å². The molecule has 6 atom stereocenters. The van der Waals surface area contributed by atoms with Gasteiger partial charge in [-0.3, -0.25) is 0 Å². The summed E-state index contributed by atoms with van der Waals surface area (Å²) in [5.41, 5.74) is 15.2. The molecule has 2 bridgehead atoms. The Labute approximate surface area is 355 Å². The van der Waals surface area contributed by atoms with E-state index in [1.54, 1.807) is 0 Å². The molecule has 2 nitrogen and oxygen atoms in total. The molecule has 5 aliphatic carbocycles. The maximum Gasteiger partial charge on any atom is 0.139 e. The normalized spacial score (nSPS) is 27.8. The Morgan fingerprint density at radius 1 is 0.500 bits per heavy atom. The van der Waals surface area contributed by atoms with Crippen molar-refractivity contribution in [2.45, 2.75) is 82.5 Å². The molecular weight excluding hydrogens is 727 g/mol. The molecule has 1 heterocycles. The van der Waals surface area contributed by atoms with Crippen molar-refractivity contribution in [1.29, 1.82) is 0 Å². The summed E-state index contributed by atoms with van der Waals surface area (Å²) in [6.45, 7) is 9.69. The lowest BCUT2D eigenvalue weighted by atomic mass is 9.26. The lowest BCUT2D eigenvalue weighted by Crippen LogP contribution is -2.74. The molecule has 4 fully saturated rings. The second-order valence-electron chi connectivity index (χ2n) is 20.8. The first-order valence-electron chi connectivity index (χ1n) is 22.7. The molecule has 6 aliphatic rings. The SMILES string of the molecule is CC1(C)CCC(C)(C)c2cc(N(c3ccc(-c4ccc5ccccc5c4)cc3)c3ccc(-c4cccc5c4Oc4ccccc4C54C5CC6CC7CC4C75C6)cc3)ccc21. The molecular formula is C58H53NO. The average molecular weight is 780 g/mol. The van der Waals surface area contributed by atoms with E-state index in [4.69, 9.17) is 4.74 Å². The zero-order chi connectivity index (χ0) is 40.2. The summed E-state index contributed by atoms with van der Waals surface area (Å²) in [7, 11) is 0. The van der Waals surface area contributed by atoms with E-state index < -0.39 is 0 Å². The van der Waals surface area contributed by atoms with E-state index in [1.165, 1.54) is 99.5 Å². The molecule has 0 aromatic heterocycles. The molecule has 6 unspecified atom stereocenters. The third-order valence-corrected chi connectivity index (χ3v) is 17.3. The van der Waals surface area contributed by atoms with E-state index >= 15 is 0 Å². The number of benzene rings is 7. The van der Waals surface area contributed by atoms with E-state index in [0.717, 1.165) is 46.5 Å². The number of para-hydroxylation sites is 2. The molecule has 7 aromatic rings. The third kappa shape index (κ3) is 4.55. The van der Waals surface area contributed by atoms with Gasteiger partial charge in [-0.1, -0.05) is 131 Å². The molecule has 0 N–H and O–H groups in total. The Bertz CT molecular complexity index is 2900. The van der Waals surface area contributed by atoms with Gasteiger partial charge in [-0.25, -0.2) is 0 Å². The van der Waals surface area contributed by atoms with Crippen LogP contribution in [0.4, 0.5) is 17.1 Å². The summed E-state index contributed by atoms with van der Waals surface area (Å²) in [6.07, 6.45) is 8.11. The third-order valence-electron chi connectivity index (χ3n) is 17.3. The maximum atomic E-state index is 7.05. The fraction of sp³-hybridized carbons (Fsp3) is 0.310. The largest absolute Gasteiger partial charge is 0.456 e. The van der Waals surface area contributed by atoms with Crippen LogP contribution in [-0.4, -0.2) is 0 Å². The van der Waals surface area contributed by atoms with E-state index in [-0.39, 0.29) is 16.2 Å². The number of ether oxygens (including phenoxy) is 1. The van der Waals surface area contributed by atoms with Gasteiger partial charge < -0.3 is 9.64 Å². The van der Waals surface area contributed by atoms with Crippen molar-refractivity contribution in [2.24, 2.45) is 29.1 Å². The molecule has 296 valence electrons. The highest BCUT2D eigenvalue weighted by molar-refractivity contribution is 5.88. The molecule has 2 spiro atoms. The van der Waals surface area contributed by atoms with Crippen molar-refractivity contribution < 1.29 is 4.74 Å². The van der Waals surface area contributed by atoms with Crippen LogP contribution in [0.2, 0.25) is 0 Å². The van der Waals surface area contributed by atoms with Gasteiger partial charge in [-0.2, -0.15) is 0 Å². The highest BCUT2D eigenvalue weighted by Gasteiger charge is 2.84. The molecule has 0 radical (unpaired) electrons. The monoisotopic (exact) mass is 779 g/mol. The van der Waals surface area contributed by atoms with E-state index in [0.29, 0.717) is 5.41 Å². The van der Waals surface area contributed by atoms with Gasteiger partial charge in [0, 0.05) is 39.2 Å². The molecule has 7 aromatic carbocycles. The molecule has 2 heteroatoms. The van der Waals surface area contributed by atoms with Gasteiger partial charge >= 0.3 is 0 Å². The Morgan fingerprint density at radius 2 is 1.15 bits per heavy atom. The van der Waals surface area contributed by atoms with Crippen molar-refractivity contribution in [3.05, 3.63) is 174 Å². The lowest BCUT2D eigenvalue weighted by molar-refractivity contribution is -0.235. The van der Waals surface area contributed by atoms with E-state index in [9.17, 15) is 0 Å². The topological polar surface area (TPSA) is 12.5 Å². The van der Waals surface area contributed by atoms with Gasteiger partial charge in [0.15, 0.2) is 0 Å². The van der Waals surface area contributed by atoms with Crippen LogP contribution in [0.15, 0.2) is 152 Å². The zero-order valence-corrected chi connectivity index (χ0v) is 35.3. The maximum absolute atomic E-state index is 7.05. The average Bonchev–Trinajstić information content (AvgIpc) is 3.81. The van der Waals surface area contributed by atoms with Gasteiger partial charge in [0.25, 0.3) is 0 Å². The first-order chi connectivity index (χ1) is 29.1. The summed E-state index contributed by atoms with van der Waals surface area (Å²) in [6, 6.07) is 57.3. The summed E-state index contributed by atoms with van der Waals surface area (Å²) < 4.78 is 7.05. The summed E-state index contributed by atoms with van der Waals surface area (Å²) in [5.74, 6) is 5.52. The Morgan fingerprint density at radius 3 is 1.93 bits per heavy atom. The van der Waals surface area contributed by atoms with Crippen molar-refractivity contribution in [1.82, 2.24) is 0 Å². The highest BCUT2D eigenvalue weighted by Crippen LogP contribution is 2.89. The van der Waals surface area contributed by atoms with Gasteiger partial charge in [0.1, 0.15) is 11.5 Å². The van der Waals surface area contributed by atoms with Crippen LogP contribution >= 0.6 is 0 Å². The minimum absolute atomic E-state index is 0.0798. The first kappa shape index (κ1) is 35.2. The van der Waals surface area contributed by atoms with Crippen LogP contribution in [0.3, 0.4) is 0 Å². The fourth-order valence-corrected chi connectivity index (χ4v) is 14.5. The van der Waals surface area contributed by atoms with E-state index in [1.807, 2.05) is 0 Å². The molecule has 13 rings (SSSR count). The predicted octanol–water partition coefficient (Wildman–Crippen LogP) is 15.5. The number of rotatable bonds is 5. The number of hydrogen-bond acceptors (Lipinski definition) is 2. The van der Waals surface area contributed by atoms with Gasteiger partial charge in [-0.15, -0.1) is 0 Å². The molecule has 0 saturated heterocycles. The van der Waals surface area contributed by atoms with Crippen molar-refractivity contribution in [3.63, 3.8) is 0 Å². The molecule has 4 saturated carbocycles. The highest BCUT2D eigenvalue weighted by atomic mass is 16.5. The summed E-state index contributed by atoms with van der Waals surface area (Å²) in [5, 5.41) is 2.54. The van der Waals surface area contributed by atoms with Crippen molar-refractivity contribution >= 4 is 27.8 Å². The second kappa shape index (κ2) is 12.0. The van der Waals surface area contributed by atoms with Gasteiger partial charge in [0.2, 0.25) is 0 Å². The van der Waals surface area contributed by atoms with Gasteiger partial charge in [0.05, 0.1) is 0 Å². The van der Waals surface area contributed by atoms with Crippen molar-refractivity contribution in [3.8, 4) is 33.8 Å². The van der Waals surface area contributed by atoms with Crippen LogP contribution in [-0.2, 0) is 16.2 Å². The Kier molecular flexibility index (Phi) is 7.05. The number of fused-ring (bicyclic) bond motifs is 9. The van der Waals surface area contributed by atoms with Gasteiger partial charge in [-0.05, 0) is 166 Å². The predicted molar refractivity (Wildman–Crippen MR) is 247 cm³/mol. The minimum Gasteiger partial charge on any atom is -0.456 e. The Balaban J connectivity index is 0.911. The lowest BCUT2D eigenvalue weighted by Gasteiger charge is -2.77. The second-order valence-corrected chi connectivity index (χ2v) is 20.8. The van der Waals surface area contributed by atoms with Crippen molar-refractivity contribution in [2.75, 3.05) is 4.90 Å². The van der Waals surface area contributed by atoms with Crippen LogP contribution < -0.4 is 9.64 Å². The fourth-order valence-electron chi connectivity index (χ4n) is 14.5. The molecule has 60 heavy (non-hydrogen) atoms. The quantitative estimate of drug-likeness (QED) is 0.173. The minimum atomic E-state index is 0.0798. The molecule has 0 amide bonds. The van der Waals surface area contributed by atoms with Crippen LogP contribution in [0, 0.1) is 29.1 Å². The number of anilines is 3. The zero-order valence-electron chi connectivity index (χ0n) is 35.3. The number of hydrogen-bond donors (Lipinski definition) is 0. The first-order valence-corrected chi connectivity index (χ1v) is 22.7. The van der Waals surface area contributed by atoms with Crippen LogP contribution in [0.5, 0.6) is 11.5 Å². The summed E-state index contributed by atoms with van der Waals surface area (Å²) in [4.78, 5) is 2.46. The molecule has 1 aliphatic heterocycles. The number of nitrogens with zero attached hydrogens (tertiary/aromatic N) is 1. The smallest absolute Gasteiger partial charge is 0.139 e. The van der Waals surface area contributed by atoms with Crippen LogP contribution in [0.25, 0.3) is 33.0 Å². The summed E-state index contributed by atoms with van der Waals surface area (Å²) >= 11 is 0. The standard InChI is InChI=1S/C58H53NO/c1-55(2)28-29-56(3,4)50-34-45(26-27-47(50)55)59(43-22-18-38(19-23-43)41-17-16-37-10-5-6-11-40(37)32-41)44-24-20-39(21-25-44)46-12-9-14-49-54(46)60-51-15-8-7-13-48(51)58(49)52-31-36-30-42-33-53(58)57(42,52)35-36/h5-27,32,34,36,42,52-53H,28-31,33,35H2,1-4H3. The van der Waals surface area contributed by atoms with Crippen LogP contribution in [0.1, 0.15) is 88.5 Å². The Hall–Kier alpha value is -5.60.